The second-order valence-electron chi connectivity index (χ2n) is 5.91. The van der Waals surface area contributed by atoms with Gasteiger partial charge in [-0.3, -0.25) is 4.68 Å². The van der Waals surface area contributed by atoms with Gasteiger partial charge in [-0.1, -0.05) is 34.6 Å². The van der Waals surface area contributed by atoms with E-state index in [1.54, 1.807) is 0 Å². The third-order valence-electron chi connectivity index (χ3n) is 2.62. The SMILES string of the molecule is CC(C)c1cn(C(C)C)nc1C(C)(C)C. The maximum absolute atomic E-state index is 4.72. The van der Waals surface area contributed by atoms with Crippen LogP contribution in [-0.2, 0) is 5.41 Å². The first kappa shape index (κ1) is 12.3. The van der Waals surface area contributed by atoms with Crippen molar-refractivity contribution in [2.45, 2.75) is 65.8 Å². The summed E-state index contributed by atoms with van der Waals surface area (Å²) >= 11 is 0. The molecule has 86 valence electrons. The first-order chi connectivity index (χ1) is 6.73. The van der Waals surface area contributed by atoms with Crippen LogP contribution in [0.4, 0.5) is 0 Å². The van der Waals surface area contributed by atoms with Crippen LogP contribution in [0.2, 0.25) is 0 Å². The molecule has 0 atom stereocenters. The van der Waals surface area contributed by atoms with Gasteiger partial charge in [0.2, 0.25) is 0 Å². The van der Waals surface area contributed by atoms with E-state index in [4.69, 9.17) is 5.10 Å². The molecule has 1 aromatic heterocycles. The minimum Gasteiger partial charge on any atom is -0.270 e. The number of nitrogens with zero attached hydrogens (tertiary/aromatic N) is 2. The minimum atomic E-state index is 0.139. The molecule has 2 heteroatoms. The minimum absolute atomic E-state index is 0.139. The van der Waals surface area contributed by atoms with Gasteiger partial charge >= 0.3 is 0 Å². The Kier molecular flexibility index (Phi) is 3.27. The van der Waals surface area contributed by atoms with Crippen molar-refractivity contribution in [3.8, 4) is 0 Å². The Morgan fingerprint density at radius 1 is 1.13 bits per heavy atom. The van der Waals surface area contributed by atoms with Gasteiger partial charge in [-0.2, -0.15) is 5.10 Å². The Bertz CT molecular complexity index is 327. The molecule has 0 aromatic carbocycles. The highest BCUT2D eigenvalue weighted by Crippen LogP contribution is 2.29. The lowest BCUT2D eigenvalue weighted by Gasteiger charge is -2.18. The summed E-state index contributed by atoms with van der Waals surface area (Å²) < 4.78 is 2.08. The van der Waals surface area contributed by atoms with Gasteiger partial charge in [-0.15, -0.1) is 0 Å². The number of aromatic nitrogens is 2. The molecule has 15 heavy (non-hydrogen) atoms. The van der Waals surface area contributed by atoms with Gasteiger partial charge in [0.05, 0.1) is 5.69 Å². The van der Waals surface area contributed by atoms with Gasteiger partial charge in [0.25, 0.3) is 0 Å². The predicted molar refractivity (Wildman–Crippen MR) is 65.4 cm³/mol. The summed E-state index contributed by atoms with van der Waals surface area (Å²) in [5, 5.41) is 4.72. The second-order valence-corrected chi connectivity index (χ2v) is 5.91. The van der Waals surface area contributed by atoms with Crippen molar-refractivity contribution < 1.29 is 0 Å². The van der Waals surface area contributed by atoms with Gasteiger partial charge in [0.15, 0.2) is 0 Å². The van der Waals surface area contributed by atoms with Crippen molar-refractivity contribution in [3.63, 3.8) is 0 Å². The lowest BCUT2D eigenvalue weighted by atomic mass is 9.86. The largest absolute Gasteiger partial charge is 0.270 e. The van der Waals surface area contributed by atoms with Crippen LogP contribution in [-0.4, -0.2) is 9.78 Å². The lowest BCUT2D eigenvalue weighted by molar-refractivity contribution is 0.494. The molecule has 0 spiro atoms. The Morgan fingerprint density at radius 3 is 1.93 bits per heavy atom. The zero-order valence-corrected chi connectivity index (χ0v) is 11.1. The summed E-state index contributed by atoms with van der Waals surface area (Å²) in [7, 11) is 0. The van der Waals surface area contributed by atoms with Crippen LogP contribution in [0.5, 0.6) is 0 Å². The van der Waals surface area contributed by atoms with E-state index in [1.165, 1.54) is 11.3 Å². The van der Waals surface area contributed by atoms with Crippen LogP contribution in [0.25, 0.3) is 0 Å². The molecule has 0 amide bonds. The van der Waals surface area contributed by atoms with E-state index in [0.717, 1.165) is 0 Å². The van der Waals surface area contributed by atoms with Crippen LogP contribution >= 0.6 is 0 Å². The fraction of sp³-hybridized carbons (Fsp3) is 0.769. The molecule has 0 aliphatic rings. The van der Waals surface area contributed by atoms with Crippen molar-refractivity contribution in [3.05, 3.63) is 17.5 Å². The van der Waals surface area contributed by atoms with Gasteiger partial charge in [-0.25, -0.2) is 0 Å². The van der Waals surface area contributed by atoms with E-state index in [-0.39, 0.29) is 5.41 Å². The van der Waals surface area contributed by atoms with Crippen molar-refractivity contribution >= 4 is 0 Å². The fourth-order valence-corrected chi connectivity index (χ4v) is 1.68. The molecule has 0 aliphatic carbocycles. The van der Waals surface area contributed by atoms with Crippen LogP contribution in [0, 0.1) is 0 Å². The molecule has 0 radical (unpaired) electrons. The standard InChI is InChI=1S/C13H24N2/c1-9(2)11-8-15(10(3)4)14-12(11)13(5,6)7/h8-10H,1-7H3. The molecule has 0 unspecified atom stereocenters. The van der Waals surface area contributed by atoms with Gasteiger partial charge < -0.3 is 0 Å². The normalized spacial score (nSPS) is 12.9. The first-order valence-corrected chi connectivity index (χ1v) is 5.83. The highest BCUT2D eigenvalue weighted by molar-refractivity contribution is 5.27. The lowest BCUT2D eigenvalue weighted by Crippen LogP contribution is -2.15. The topological polar surface area (TPSA) is 17.8 Å². The smallest absolute Gasteiger partial charge is 0.0712 e. The molecule has 0 aliphatic heterocycles. The van der Waals surface area contributed by atoms with Crippen LogP contribution in [0.15, 0.2) is 6.20 Å². The summed E-state index contributed by atoms with van der Waals surface area (Å²) in [5.41, 5.74) is 2.77. The van der Waals surface area contributed by atoms with Gasteiger partial charge in [0, 0.05) is 17.7 Å². The van der Waals surface area contributed by atoms with E-state index >= 15 is 0 Å². The third kappa shape index (κ3) is 2.61. The van der Waals surface area contributed by atoms with Crippen LogP contribution in [0.3, 0.4) is 0 Å². The summed E-state index contributed by atoms with van der Waals surface area (Å²) in [5.74, 6) is 0.548. The van der Waals surface area contributed by atoms with Crippen molar-refractivity contribution in [2.24, 2.45) is 0 Å². The Hall–Kier alpha value is -0.790. The van der Waals surface area contributed by atoms with E-state index in [1.807, 2.05) is 0 Å². The monoisotopic (exact) mass is 208 g/mol. The Morgan fingerprint density at radius 2 is 1.67 bits per heavy atom. The molecule has 1 rings (SSSR count). The molecule has 0 saturated heterocycles. The van der Waals surface area contributed by atoms with Gasteiger partial charge in [0.1, 0.15) is 0 Å². The number of hydrogen-bond acceptors (Lipinski definition) is 1. The maximum Gasteiger partial charge on any atom is 0.0712 e. The van der Waals surface area contributed by atoms with E-state index in [2.05, 4.69) is 59.3 Å². The molecule has 0 N–H and O–H groups in total. The first-order valence-electron chi connectivity index (χ1n) is 5.83. The van der Waals surface area contributed by atoms with Gasteiger partial charge in [-0.05, 0) is 25.3 Å². The summed E-state index contributed by atoms with van der Waals surface area (Å²) in [6.07, 6.45) is 2.20. The summed E-state index contributed by atoms with van der Waals surface area (Å²) in [4.78, 5) is 0. The van der Waals surface area contributed by atoms with Crippen LogP contribution in [0.1, 0.15) is 71.7 Å². The Labute approximate surface area is 93.7 Å². The molecule has 1 aromatic rings. The van der Waals surface area contributed by atoms with Crippen LogP contribution < -0.4 is 0 Å². The average Bonchev–Trinajstić information content (AvgIpc) is 2.45. The predicted octanol–water partition coefficient (Wildman–Crippen LogP) is 3.88. The fourth-order valence-electron chi connectivity index (χ4n) is 1.68. The van der Waals surface area contributed by atoms with E-state index in [9.17, 15) is 0 Å². The third-order valence-corrected chi connectivity index (χ3v) is 2.62. The quantitative estimate of drug-likeness (QED) is 0.721. The number of rotatable bonds is 2. The molecule has 0 bridgehead atoms. The molecule has 2 nitrogen and oxygen atoms in total. The molecular weight excluding hydrogens is 184 g/mol. The van der Waals surface area contributed by atoms with Crippen molar-refractivity contribution in [1.29, 1.82) is 0 Å². The zero-order valence-electron chi connectivity index (χ0n) is 11.1. The van der Waals surface area contributed by atoms with Crippen molar-refractivity contribution in [2.75, 3.05) is 0 Å². The maximum atomic E-state index is 4.72. The molecular formula is C13H24N2. The van der Waals surface area contributed by atoms with E-state index in [0.29, 0.717) is 12.0 Å². The molecule has 1 heterocycles. The molecule has 0 saturated carbocycles. The average molecular weight is 208 g/mol. The molecule has 0 fully saturated rings. The number of hydrogen-bond donors (Lipinski definition) is 0. The highest BCUT2D eigenvalue weighted by atomic mass is 15.3. The summed E-state index contributed by atoms with van der Waals surface area (Å²) in [6, 6.07) is 0.443. The summed E-state index contributed by atoms with van der Waals surface area (Å²) in [6.45, 7) is 15.5. The zero-order chi connectivity index (χ0) is 11.8. The highest BCUT2D eigenvalue weighted by Gasteiger charge is 2.24. The van der Waals surface area contributed by atoms with Crippen molar-refractivity contribution in [1.82, 2.24) is 9.78 Å². The second kappa shape index (κ2) is 3.99. The van der Waals surface area contributed by atoms with E-state index < -0.39 is 0 Å². The Balaban J connectivity index is 3.24.